The van der Waals surface area contributed by atoms with Crippen molar-refractivity contribution < 1.29 is 17.9 Å². The van der Waals surface area contributed by atoms with Gasteiger partial charge in [-0.3, -0.25) is 0 Å². The van der Waals surface area contributed by atoms with Gasteiger partial charge in [0, 0.05) is 11.9 Å². The smallest absolute Gasteiger partial charge is 0.417 e. The van der Waals surface area contributed by atoms with Gasteiger partial charge in [-0.2, -0.15) is 13.2 Å². The summed E-state index contributed by atoms with van der Waals surface area (Å²) < 4.78 is 42.8. The van der Waals surface area contributed by atoms with Gasteiger partial charge >= 0.3 is 6.18 Å². The molecule has 0 aliphatic rings. The van der Waals surface area contributed by atoms with Crippen LogP contribution in [0.1, 0.15) is 11.1 Å². The molecule has 3 N–H and O–H groups in total. The van der Waals surface area contributed by atoms with Crippen molar-refractivity contribution in [3.05, 3.63) is 52.7 Å². The number of aryl methyl sites for hydroxylation is 1. The van der Waals surface area contributed by atoms with E-state index in [9.17, 15) is 13.2 Å². The Morgan fingerprint density at radius 2 is 2.12 bits per heavy atom. The molecule has 0 aliphatic carbocycles. The number of anilines is 1. The number of rotatable bonds is 5. The summed E-state index contributed by atoms with van der Waals surface area (Å²) in [6, 6.07) is 8.35. The largest absolute Gasteiger partial charge is 0.475 e. The van der Waals surface area contributed by atoms with E-state index in [0.717, 1.165) is 17.3 Å². The normalized spacial score (nSPS) is 12.1. The number of aromatic nitrogens is 1. The number of hydrogen-bond donors (Lipinski definition) is 2. The Morgan fingerprint density at radius 1 is 1.36 bits per heavy atom. The van der Waals surface area contributed by atoms with Crippen LogP contribution in [-0.4, -0.2) is 24.1 Å². The van der Waals surface area contributed by atoms with Crippen molar-refractivity contribution in [2.45, 2.75) is 13.1 Å². The molecule has 0 amide bonds. The minimum atomic E-state index is -4.50. The number of hydrogen-bond acceptors (Lipinski definition) is 3. The summed E-state index contributed by atoms with van der Waals surface area (Å²) in [5.74, 6) is 0.107. The van der Waals surface area contributed by atoms with Crippen molar-refractivity contribution in [1.82, 2.24) is 4.98 Å². The minimum absolute atomic E-state index is 0.0638. The Labute approximate surface area is 147 Å². The number of guanidine groups is 1. The molecule has 0 aliphatic heterocycles. The number of halogens is 4. The predicted molar refractivity (Wildman–Crippen MR) is 91.0 cm³/mol. The molecule has 0 spiro atoms. The van der Waals surface area contributed by atoms with Crippen LogP contribution in [0, 0.1) is 6.92 Å². The van der Waals surface area contributed by atoms with Crippen LogP contribution < -0.4 is 15.8 Å². The molecule has 9 heteroatoms. The second-order valence-corrected chi connectivity index (χ2v) is 5.53. The van der Waals surface area contributed by atoms with Gasteiger partial charge in [0.15, 0.2) is 5.96 Å². The lowest BCUT2D eigenvalue weighted by Gasteiger charge is -2.10. The standard InChI is InChI=1S/C16H16ClF3N4O/c1-10-3-2-4-12(7-10)24-15(21)22-5-6-25-14-13(17)8-11(9-23-14)16(18,19)20/h2-4,7-9H,5-6H2,1H3,(H3,21,22,24). The molecule has 2 aromatic rings. The van der Waals surface area contributed by atoms with Gasteiger partial charge in [0.1, 0.15) is 11.6 Å². The lowest BCUT2D eigenvalue weighted by Crippen LogP contribution is -2.23. The summed E-state index contributed by atoms with van der Waals surface area (Å²) in [6.45, 7) is 2.20. The van der Waals surface area contributed by atoms with Crippen LogP contribution in [0.4, 0.5) is 18.9 Å². The van der Waals surface area contributed by atoms with Gasteiger partial charge in [-0.05, 0) is 30.7 Å². The number of nitrogens with one attached hydrogen (secondary N) is 1. The van der Waals surface area contributed by atoms with E-state index in [4.69, 9.17) is 22.1 Å². The van der Waals surface area contributed by atoms with E-state index >= 15 is 0 Å². The van der Waals surface area contributed by atoms with Crippen molar-refractivity contribution in [3.63, 3.8) is 0 Å². The third-order valence-corrected chi connectivity index (χ3v) is 3.31. The van der Waals surface area contributed by atoms with Crippen LogP contribution in [0.15, 0.2) is 41.5 Å². The summed E-state index contributed by atoms with van der Waals surface area (Å²) in [5, 5.41) is 2.70. The van der Waals surface area contributed by atoms with E-state index in [1.54, 1.807) is 0 Å². The van der Waals surface area contributed by atoms with Crippen molar-refractivity contribution >= 4 is 23.2 Å². The Morgan fingerprint density at radius 3 is 2.76 bits per heavy atom. The highest BCUT2D eigenvalue weighted by molar-refractivity contribution is 6.31. The first-order chi connectivity index (χ1) is 11.8. The summed E-state index contributed by atoms with van der Waals surface area (Å²) >= 11 is 5.74. The highest BCUT2D eigenvalue weighted by Crippen LogP contribution is 2.32. The maximum absolute atomic E-state index is 12.5. The molecule has 0 saturated carbocycles. The summed E-state index contributed by atoms with van der Waals surface area (Å²) in [7, 11) is 0. The van der Waals surface area contributed by atoms with Crippen molar-refractivity contribution in [3.8, 4) is 5.88 Å². The molecule has 0 radical (unpaired) electrons. The number of nitrogens with two attached hydrogens (primary N) is 1. The highest BCUT2D eigenvalue weighted by atomic mass is 35.5. The zero-order valence-corrected chi connectivity index (χ0v) is 14.0. The quantitative estimate of drug-likeness (QED) is 0.475. The number of pyridine rings is 1. The monoisotopic (exact) mass is 372 g/mol. The molecule has 0 unspecified atom stereocenters. The molecule has 134 valence electrons. The predicted octanol–water partition coefficient (Wildman–Crippen LogP) is 3.87. The average molecular weight is 373 g/mol. The first kappa shape index (κ1) is 18.9. The molecular formula is C16H16ClF3N4O. The second kappa shape index (κ2) is 8.06. The van der Waals surface area contributed by atoms with Gasteiger partial charge in [0.25, 0.3) is 0 Å². The number of ether oxygens (including phenoxy) is 1. The van der Waals surface area contributed by atoms with Gasteiger partial charge in [0.05, 0.1) is 12.1 Å². The van der Waals surface area contributed by atoms with E-state index < -0.39 is 11.7 Å². The molecule has 25 heavy (non-hydrogen) atoms. The fraction of sp³-hybridized carbons (Fsp3) is 0.250. The van der Waals surface area contributed by atoms with E-state index in [-0.39, 0.29) is 30.0 Å². The molecule has 5 nitrogen and oxygen atoms in total. The molecule has 1 aromatic heterocycles. The summed E-state index contributed by atoms with van der Waals surface area (Å²) in [6.07, 6.45) is -3.84. The van der Waals surface area contributed by atoms with E-state index in [0.29, 0.717) is 6.20 Å². The van der Waals surface area contributed by atoms with Gasteiger partial charge in [-0.15, -0.1) is 0 Å². The fourth-order valence-electron chi connectivity index (χ4n) is 1.91. The Bertz CT molecular complexity index is 765. The molecule has 0 bridgehead atoms. The third kappa shape index (κ3) is 5.82. The zero-order chi connectivity index (χ0) is 18.4. The molecular weight excluding hydrogens is 357 g/mol. The Hall–Kier alpha value is -2.48. The lowest BCUT2D eigenvalue weighted by atomic mass is 10.2. The van der Waals surface area contributed by atoms with E-state index in [2.05, 4.69) is 15.3 Å². The van der Waals surface area contributed by atoms with Crippen LogP contribution >= 0.6 is 11.6 Å². The first-order valence-electron chi connectivity index (χ1n) is 7.25. The number of alkyl halides is 3. The van der Waals surface area contributed by atoms with Crippen molar-refractivity contribution in [1.29, 1.82) is 0 Å². The summed E-state index contributed by atoms with van der Waals surface area (Å²) in [4.78, 5) is 7.63. The molecule has 0 atom stereocenters. The Balaban J connectivity index is 1.86. The third-order valence-electron chi connectivity index (χ3n) is 3.04. The Kier molecular flexibility index (Phi) is 6.08. The number of nitrogens with zero attached hydrogens (tertiary/aromatic N) is 2. The van der Waals surface area contributed by atoms with Gasteiger partial charge in [-0.25, -0.2) is 9.98 Å². The van der Waals surface area contributed by atoms with E-state index in [1.807, 2.05) is 31.2 Å². The maximum atomic E-state index is 12.5. The first-order valence-corrected chi connectivity index (χ1v) is 7.62. The number of aliphatic imine (C=N–C) groups is 1. The van der Waals surface area contributed by atoms with Gasteiger partial charge in [-0.1, -0.05) is 23.7 Å². The topological polar surface area (TPSA) is 72.5 Å². The average Bonchev–Trinajstić information content (AvgIpc) is 2.51. The van der Waals surface area contributed by atoms with Crippen LogP contribution in [0.2, 0.25) is 5.02 Å². The number of benzene rings is 1. The second-order valence-electron chi connectivity index (χ2n) is 5.12. The lowest BCUT2D eigenvalue weighted by molar-refractivity contribution is -0.137. The zero-order valence-electron chi connectivity index (χ0n) is 13.3. The molecule has 1 heterocycles. The van der Waals surface area contributed by atoms with Crippen molar-refractivity contribution in [2.24, 2.45) is 10.7 Å². The fourth-order valence-corrected chi connectivity index (χ4v) is 2.13. The molecule has 2 rings (SSSR count). The SMILES string of the molecule is Cc1cccc(NC(N)=NCCOc2ncc(C(F)(F)F)cc2Cl)c1. The van der Waals surface area contributed by atoms with Crippen LogP contribution in [-0.2, 0) is 6.18 Å². The summed E-state index contributed by atoms with van der Waals surface area (Å²) in [5.41, 5.74) is 6.69. The van der Waals surface area contributed by atoms with Crippen LogP contribution in [0.3, 0.4) is 0 Å². The maximum Gasteiger partial charge on any atom is 0.417 e. The van der Waals surface area contributed by atoms with E-state index in [1.165, 1.54) is 0 Å². The van der Waals surface area contributed by atoms with Crippen molar-refractivity contribution in [2.75, 3.05) is 18.5 Å². The van der Waals surface area contributed by atoms with Crippen LogP contribution in [0.25, 0.3) is 0 Å². The van der Waals surface area contributed by atoms with Gasteiger partial charge < -0.3 is 15.8 Å². The molecule has 0 saturated heterocycles. The van der Waals surface area contributed by atoms with Crippen LogP contribution in [0.5, 0.6) is 5.88 Å². The molecule has 1 aromatic carbocycles. The van der Waals surface area contributed by atoms with Gasteiger partial charge in [0.2, 0.25) is 5.88 Å². The minimum Gasteiger partial charge on any atom is -0.475 e. The molecule has 0 fully saturated rings. The highest BCUT2D eigenvalue weighted by Gasteiger charge is 2.31.